The maximum atomic E-state index is 12.1. The molecule has 2 aromatic rings. The molecule has 1 aromatic heterocycles. The van der Waals surface area contributed by atoms with Gasteiger partial charge in [-0.25, -0.2) is 0 Å². The standard InChI is InChI=1S/C21H25N3O2/c1-26-20-7-4-18(5-8-20)16-24-13-10-19(11-14-24)23-21(25)9-6-17-3-2-12-22-15-17/h2-9,12,15,19H,10-11,13-14,16H2,1H3,(H,23,25)/b9-6+. The minimum Gasteiger partial charge on any atom is -0.497 e. The van der Waals surface area contributed by atoms with Crippen molar-refractivity contribution >= 4 is 12.0 Å². The Bertz CT molecular complexity index is 721. The number of carbonyl (C=O) groups is 1. The van der Waals surface area contributed by atoms with Crippen LogP contribution >= 0.6 is 0 Å². The molecule has 0 unspecified atom stereocenters. The molecule has 1 fully saturated rings. The zero-order valence-corrected chi connectivity index (χ0v) is 15.1. The fraction of sp³-hybridized carbons (Fsp3) is 0.333. The lowest BCUT2D eigenvalue weighted by Gasteiger charge is -2.32. The van der Waals surface area contributed by atoms with Crippen LogP contribution in [0.1, 0.15) is 24.0 Å². The molecule has 3 rings (SSSR count). The van der Waals surface area contributed by atoms with Gasteiger partial charge in [0.05, 0.1) is 7.11 Å². The number of hydrogen-bond donors (Lipinski definition) is 1. The summed E-state index contributed by atoms with van der Waals surface area (Å²) in [4.78, 5) is 18.5. The second-order valence-electron chi connectivity index (χ2n) is 6.53. The lowest BCUT2D eigenvalue weighted by Crippen LogP contribution is -2.43. The monoisotopic (exact) mass is 351 g/mol. The van der Waals surface area contributed by atoms with E-state index in [1.165, 1.54) is 5.56 Å². The number of hydrogen-bond acceptors (Lipinski definition) is 4. The van der Waals surface area contributed by atoms with Gasteiger partial charge < -0.3 is 10.1 Å². The van der Waals surface area contributed by atoms with Crippen LogP contribution in [0.4, 0.5) is 0 Å². The lowest BCUT2D eigenvalue weighted by atomic mass is 10.0. The number of methoxy groups -OCH3 is 1. The number of rotatable bonds is 6. The molecule has 1 amide bonds. The van der Waals surface area contributed by atoms with Crippen LogP contribution in [0.3, 0.4) is 0 Å². The number of pyridine rings is 1. The van der Waals surface area contributed by atoms with E-state index in [2.05, 4.69) is 27.3 Å². The minimum atomic E-state index is -0.0394. The third kappa shape index (κ3) is 5.43. The van der Waals surface area contributed by atoms with E-state index >= 15 is 0 Å². The molecule has 1 aromatic carbocycles. The van der Waals surface area contributed by atoms with Crippen molar-refractivity contribution in [2.75, 3.05) is 20.2 Å². The third-order valence-electron chi connectivity index (χ3n) is 4.61. The van der Waals surface area contributed by atoms with Gasteiger partial charge in [-0.15, -0.1) is 0 Å². The molecule has 0 radical (unpaired) electrons. The normalized spacial score (nSPS) is 15.9. The van der Waals surface area contributed by atoms with Crippen LogP contribution < -0.4 is 10.1 Å². The first-order chi connectivity index (χ1) is 12.7. The van der Waals surface area contributed by atoms with E-state index in [9.17, 15) is 4.79 Å². The van der Waals surface area contributed by atoms with E-state index in [1.807, 2.05) is 24.3 Å². The first kappa shape index (κ1) is 18.1. The molecule has 5 heteroatoms. The number of aromatic nitrogens is 1. The molecule has 0 spiro atoms. The summed E-state index contributed by atoms with van der Waals surface area (Å²) < 4.78 is 5.20. The molecule has 5 nitrogen and oxygen atoms in total. The molecule has 136 valence electrons. The highest BCUT2D eigenvalue weighted by Gasteiger charge is 2.20. The summed E-state index contributed by atoms with van der Waals surface area (Å²) in [5.41, 5.74) is 2.21. The summed E-state index contributed by atoms with van der Waals surface area (Å²) in [6, 6.07) is 12.2. The second-order valence-corrected chi connectivity index (χ2v) is 6.53. The molecule has 0 aliphatic carbocycles. The van der Waals surface area contributed by atoms with Crippen molar-refractivity contribution in [3.05, 3.63) is 66.0 Å². The van der Waals surface area contributed by atoms with E-state index in [0.29, 0.717) is 0 Å². The summed E-state index contributed by atoms with van der Waals surface area (Å²) in [7, 11) is 1.68. The van der Waals surface area contributed by atoms with Crippen molar-refractivity contribution in [2.24, 2.45) is 0 Å². The predicted molar refractivity (Wildman–Crippen MR) is 103 cm³/mol. The van der Waals surface area contributed by atoms with Crippen molar-refractivity contribution in [1.82, 2.24) is 15.2 Å². The van der Waals surface area contributed by atoms with E-state index in [4.69, 9.17) is 4.74 Å². The zero-order valence-electron chi connectivity index (χ0n) is 15.1. The largest absolute Gasteiger partial charge is 0.497 e. The van der Waals surface area contributed by atoms with Gasteiger partial charge in [-0.05, 0) is 48.2 Å². The van der Waals surface area contributed by atoms with Crippen molar-refractivity contribution in [2.45, 2.75) is 25.4 Å². The average molecular weight is 351 g/mol. The van der Waals surface area contributed by atoms with Gasteiger partial charge in [0.2, 0.25) is 5.91 Å². The Morgan fingerprint density at radius 3 is 2.69 bits per heavy atom. The first-order valence-corrected chi connectivity index (χ1v) is 8.97. The number of nitrogens with zero attached hydrogens (tertiary/aromatic N) is 2. The summed E-state index contributed by atoms with van der Waals surface area (Å²) >= 11 is 0. The number of benzene rings is 1. The number of ether oxygens (including phenoxy) is 1. The number of piperidine rings is 1. The highest BCUT2D eigenvalue weighted by molar-refractivity contribution is 5.91. The topological polar surface area (TPSA) is 54.5 Å². The molecular formula is C21H25N3O2. The highest BCUT2D eigenvalue weighted by Crippen LogP contribution is 2.16. The van der Waals surface area contributed by atoms with E-state index in [-0.39, 0.29) is 11.9 Å². The Hall–Kier alpha value is -2.66. The van der Waals surface area contributed by atoms with E-state index in [0.717, 1.165) is 43.8 Å². The van der Waals surface area contributed by atoms with Crippen LogP contribution in [0.2, 0.25) is 0 Å². The second kappa shape index (κ2) is 9.15. The fourth-order valence-corrected chi connectivity index (χ4v) is 3.12. The van der Waals surface area contributed by atoms with Gasteiger partial charge in [0.25, 0.3) is 0 Å². The van der Waals surface area contributed by atoms with Gasteiger partial charge in [0.1, 0.15) is 5.75 Å². The average Bonchev–Trinajstić information content (AvgIpc) is 2.69. The maximum Gasteiger partial charge on any atom is 0.244 e. The molecule has 0 bridgehead atoms. The smallest absolute Gasteiger partial charge is 0.244 e. The summed E-state index contributed by atoms with van der Waals surface area (Å²) in [5, 5.41) is 3.10. The Morgan fingerprint density at radius 2 is 2.04 bits per heavy atom. The summed E-state index contributed by atoms with van der Waals surface area (Å²) in [6.07, 6.45) is 8.78. The quantitative estimate of drug-likeness (QED) is 0.813. The Morgan fingerprint density at radius 1 is 1.27 bits per heavy atom. The molecule has 0 saturated carbocycles. The maximum absolute atomic E-state index is 12.1. The minimum absolute atomic E-state index is 0.0394. The molecule has 2 heterocycles. The molecule has 1 aliphatic heterocycles. The zero-order chi connectivity index (χ0) is 18.2. The number of likely N-dealkylation sites (tertiary alicyclic amines) is 1. The molecule has 0 atom stereocenters. The predicted octanol–water partition coefficient (Wildman–Crippen LogP) is 2.88. The first-order valence-electron chi connectivity index (χ1n) is 8.97. The van der Waals surface area contributed by atoms with Gasteiger partial charge in [-0.2, -0.15) is 0 Å². The van der Waals surface area contributed by atoms with Gasteiger partial charge in [-0.3, -0.25) is 14.7 Å². The summed E-state index contributed by atoms with van der Waals surface area (Å²) in [5.74, 6) is 0.844. The van der Waals surface area contributed by atoms with E-state index in [1.54, 1.807) is 31.7 Å². The van der Waals surface area contributed by atoms with Crippen molar-refractivity contribution in [3.63, 3.8) is 0 Å². The van der Waals surface area contributed by atoms with E-state index < -0.39 is 0 Å². The Balaban J connectivity index is 1.41. The van der Waals surface area contributed by atoms with Gasteiger partial charge in [0, 0.05) is 44.1 Å². The van der Waals surface area contributed by atoms with Crippen LogP contribution in [0.15, 0.2) is 54.9 Å². The van der Waals surface area contributed by atoms with Crippen molar-refractivity contribution < 1.29 is 9.53 Å². The lowest BCUT2D eigenvalue weighted by molar-refractivity contribution is -0.117. The van der Waals surface area contributed by atoms with Gasteiger partial charge >= 0.3 is 0 Å². The third-order valence-corrected chi connectivity index (χ3v) is 4.61. The number of amides is 1. The van der Waals surface area contributed by atoms with Crippen LogP contribution in [0, 0.1) is 0 Å². The van der Waals surface area contributed by atoms with Crippen molar-refractivity contribution in [1.29, 1.82) is 0 Å². The van der Waals surface area contributed by atoms with Crippen molar-refractivity contribution in [3.8, 4) is 5.75 Å². The molecule has 1 saturated heterocycles. The van der Waals surface area contributed by atoms with Gasteiger partial charge in [-0.1, -0.05) is 18.2 Å². The molecule has 1 N–H and O–H groups in total. The van der Waals surface area contributed by atoms with Gasteiger partial charge in [0.15, 0.2) is 0 Å². The SMILES string of the molecule is COc1ccc(CN2CCC(NC(=O)/C=C/c3cccnc3)CC2)cc1. The fourth-order valence-electron chi connectivity index (χ4n) is 3.12. The number of carbonyl (C=O) groups excluding carboxylic acids is 1. The Kier molecular flexibility index (Phi) is 6.39. The highest BCUT2D eigenvalue weighted by atomic mass is 16.5. The summed E-state index contributed by atoms with van der Waals surface area (Å²) in [6.45, 7) is 2.91. The number of nitrogens with one attached hydrogen (secondary N) is 1. The van der Waals surface area contributed by atoms with Crippen LogP contribution in [0.25, 0.3) is 6.08 Å². The van der Waals surface area contributed by atoms with Crippen LogP contribution in [-0.4, -0.2) is 42.0 Å². The Labute approximate surface area is 154 Å². The van der Waals surface area contributed by atoms with Crippen LogP contribution in [0.5, 0.6) is 5.75 Å². The van der Waals surface area contributed by atoms with Crippen LogP contribution in [-0.2, 0) is 11.3 Å². The molecular weight excluding hydrogens is 326 g/mol. The molecule has 26 heavy (non-hydrogen) atoms. The molecule has 1 aliphatic rings.